The van der Waals surface area contributed by atoms with E-state index in [0.29, 0.717) is 28.3 Å². The van der Waals surface area contributed by atoms with E-state index in [-0.39, 0.29) is 17.1 Å². The molecule has 0 aliphatic heterocycles. The van der Waals surface area contributed by atoms with Gasteiger partial charge in [0.1, 0.15) is 34.3 Å². The van der Waals surface area contributed by atoms with Gasteiger partial charge in [-0.2, -0.15) is 13.2 Å². The normalized spacial score (nSPS) is 11.0. The van der Waals surface area contributed by atoms with Crippen LogP contribution in [0.4, 0.5) is 13.2 Å². The third-order valence-corrected chi connectivity index (χ3v) is 6.51. The number of ether oxygens (including phenoxy) is 5. The maximum Gasteiger partial charge on any atom is 0.420 e. The molecule has 0 fully saturated rings. The second-order valence-corrected chi connectivity index (χ2v) is 9.60. The van der Waals surface area contributed by atoms with E-state index in [4.69, 9.17) is 23.7 Å². The second-order valence-electron chi connectivity index (χ2n) is 9.60. The van der Waals surface area contributed by atoms with Crippen molar-refractivity contribution in [2.45, 2.75) is 6.18 Å². The lowest BCUT2D eigenvalue weighted by atomic mass is 10.1. The highest BCUT2D eigenvalue weighted by molar-refractivity contribution is 5.97. The summed E-state index contributed by atoms with van der Waals surface area (Å²) in [5.74, 6) is -2.05. The van der Waals surface area contributed by atoms with Crippen LogP contribution in [-0.2, 0) is 15.8 Å². The summed E-state index contributed by atoms with van der Waals surface area (Å²) in [6.45, 7) is 6.14. The third kappa shape index (κ3) is 7.51. The number of halogens is 3. The molecule has 0 saturated heterocycles. The topological polar surface area (TPSA) is 97.4 Å². The zero-order valence-electron chi connectivity index (χ0n) is 23.8. The molecule has 232 valence electrons. The number of hydrogen-bond acceptors (Lipinski definition) is 8. The first-order chi connectivity index (χ1) is 22.0. The zero-order valence-corrected chi connectivity index (χ0v) is 23.8. The Morgan fingerprint density at radius 1 is 0.587 bits per heavy atom. The highest BCUT2D eigenvalue weighted by Gasteiger charge is 2.35. The number of benzene rings is 5. The van der Waals surface area contributed by atoms with Crippen LogP contribution in [0.3, 0.4) is 0 Å². The fourth-order valence-electron chi connectivity index (χ4n) is 4.33. The Morgan fingerprint density at radius 3 is 1.63 bits per heavy atom. The molecule has 0 aliphatic carbocycles. The van der Waals surface area contributed by atoms with Crippen molar-refractivity contribution in [3.05, 3.63) is 127 Å². The van der Waals surface area contributed by atoms with Crippen LogP contribution in [-0.4, -0.2) is 24.7 Å². The number of carbonyl (C=O) groups is 3. The number of esters is 3. The standard InChI is InChI=1S/C35H23F3O8/c1-3-32(39)44-27-11-8-21-15-25(6-5-22(21)17-27)34(41)46-29-13-14-31(30(19-29)35(36,37)38)43-20-42-26-10-7-24-18-28(45-33(40)4-2)12-9-23(24)16-26/h3-19H,1-2,20H2. The Bertz CT molecular complexity index is 2000. The average Bonchev–Trinajstić information content (AvgIpc) is 3.04. The minimum absolute atomic E-state index is 0.0926. The van der Waals surface area contributed by atoms with E-state index in [1.807, 2.05) is 0 Å². The first-order valence-corrected chi connectivity index (χ1v) is 13.5. The highest BCUT2D eigenvalue weighted by Crippen LogP contribution is 2.39. The largest absolute Gasteiger partial charge is 0.457 e. The number of fused-ring (bicyclic) bond motifs is 2. The Kier molecular flexibility index (Phi) is 9.03. The number of rotatable bonds is 10. The summed E-state index contributed by atoms with van der Waals surface area (Å²) in [5.41, 5.74) is -1.07. The van der Waals surface area contributed by atoms with Crippen LogP contribution in [0.25, 0.3) is 21.5 Å². The third-order valence-electron chi connectivity index (χ3n) is 6.51. The van der Waals surface area contributed by atoms with Gasteiger partial charge in [-0.25, -0.2) is 14.4 Å². The van der Waals surface area contributed by atoms with E-state index in [0.717, 1.165) is 29.0 Å². The molecule has 5 rings (SSSR count). The summed E-state index contributed by atoms with van der Waals surface area (Å²) in [6, 6.07) is 22.0. The van der Waals surface area contributed by atoms with E-state index in [9.17, 15) is 27.6 Å². The van der Waals surface area contributed by atoms with Gasteiger partial charge in [0.2, 0.25) is 6.79 Å². The van der Waals surface area contributed by atoms with E-state index in [1.54, 1.807) is 54.6 Å². The number of alkyl halides is 3. The molecule has 5 aromatic carbocycles. The summed E-state index contributed by atoms with van der Waals surface area (Å²) < 4.78 is 68.0. The van der Waals surface area contributed by atoms with E-state index in [1.165, 1.54) is 24.3 Å². The van der Waals surface area contributed by atoms with Crippen LogP contribution in [0.2, 0.25) is 0 Å². The molecule has 5 aromatic rings. The first kappa shape index (κ1) is 31.3. The Balaban J connectivity index is 1.25. The highest BCUT2D eigenvalue weighted by atomic mass is 19.4. The van der Waals surface area contributed by atoms with Gasteiger partial charge < -0.3 is 23.7 Å². The molecule has 11 heteroatoms. The quantitative estimate of drug-likeness (QED) is 0.0668. The molecule has 0 saturated carbocycles. The monoisotopic (exact) mass is 628 g/mol. The SMILES string of the molecule is C=CC(=O)Oc1ccc2cc(OCOc3ccc(OC(=O)c4ccc5cc(OC(=O)C=C)ccc5c4)cc3C(F)(F)F)ccc2c1. The molecule has 0 radical (unpaired) electrons. The van der Waals surface area contributed by atoms with Crippen molar-refractivity contribution < 1.29 is 51.2 Å². The van der Waals surface area contributed by atoms with Crippen LogP contribution in [0.1, 0.15) is 15.9 Å². The van der Waals surface area contributed by atoms with Crippen molar-refractivity contribution in [1.29, 1.82) is 0 Å². The summed E-state index contributed by atoms with van der Waals surface area (Å²) >= 11 is 0. The van der Waals surface area contributed by atoms with E-state index >= 15 is 0 Å². The fourth-order valence-corrected chi connectivity index (χ4v) is 4.33. The van der Waals surface area contributed by atoms with Crippen LogP contribution >= 0.6 is 0 Å². The van der Waals surface area contributed by atoms with Crippen molar-refractivity contribution in [3.8, 4) is 28.7 Å². The molecule has 0 aromatic heterocycles. The molecule has 0 bridgehead atoms. The van der Waals surface area contributed by atoms with Gasteiger partial charge in [0.25, 0.3) is 0 Å². The van der Waals surface area contributed by atoms with Crippen molar-refractivity contribution in [3.63, 3.8) is 0 Å². The van der Waals surface area contributed by atoms with Crippen molar-refractivity contribution in [2.24, 2.45) is 0 Å². The Hall–Kier alpha value is -6.10. The summed E-state index contributed by atoms with van der Waals surface area (Å²) in [6.07, 6.45) is -2.76. The molecule has 0 atom stereocenters. The maximum atomic E-state index is 13.9. The van der Waals surface area contributed by atoms with Crippen molar-refractivity contribution >= 4 is 39.5 Å². The average molecular weight is 629 g/mol. The molecular weight excluding hydrogens is 605 g/mol. The molecule has 46 heavy (non-hydrogen) atoms. The minimum Gasteiger partial charge on any atom is -0.457 e. The molecular formula is C35H23F3O8. The summed E-state index contributed by atoms with van der Waals surface area (Å²) in [4.78, 5) is 35.6. The lowest BCUT2D eigenvalue weighted by molar-refractivity contribution is -0.139. The van der Waals surface area contributed by atoms with Gasteiger partial charge in [0.05, 0.1) is 5.56 Å². The van der Waals surface area contributed by atoms with Gasteiger partial charge in [-0.1, -0.05) is 37.4 Å². The predicted molar refractivity (Wildman–Crippen MR) is 162 cm³/mol. The van der Waals surface area contributed by atoms with E-state index in [2.05, 4.69) is 13.2 Å². The molecule has 0 aliphatic rings. The lowest BCUT2D eigenvalue weighted by Crippen LogP contribution is -2.13. The Labute approximate surface area is 259 Å². The van der Waals surface area contributed by atoms with Gasteiger partial charge in [-0.15, -0.1) is 0 Å². The predicted octanol–water partition coefficient (Wildman–Crippen LogP) is 7.83. The maximum absolute atomic E-state index is 13.9. The fraction of sp³-hybridized carbons (Fsp3) is 0.0571. The first-order valence-electron chi connectivity index (χ1n) is 13.5. The van der Waals surface area contributed by atoms with Crippen LogP contribution in [0.15, 0.2) is 116 Å². The smallest absolute Gasteiger partial charge is 0.420 e. The second kappa shape index (κ2) is 13.3. The molecule has 8 nitrogen and oxygen atoms in total. The van der Waals surface area contributed by atoms with Crippen molar-refractivity contribution in [2.75, 3.05) is 6.79 Å². The Morgan fingerprint density at radius 2 is 1.07 bits per heavy atom. The lowest BCUT2D eigenvalue weighted by Gasteiger charge is -2.16. The summed E-state index contributed by atoms with van der Waals surface area (Å²) in [5, 5.41) is 2.72. The minimum atomic E-state index is -4.83. The van der Waals surface area contributed by atoms with Crippen molar-refractivity contribution in [1.82, 2.24) is 0 Å². The molecule has 0 amide bonds. The summed E-state index contributed by atoms with van der Waals surface area (Å²) in [7, 11) is 0. The number of hydrogen-bond donors (Lipinski definition) is 0. The van der Waals surface area contributed by atoms with Gasteiger partial charge in [0.15, 0.2) is 0 Å². The molecule has 0 heterocycles. The van der Waals surface area contributed by atoms with Gasteiger partial charge in [0, 0.05) is 12.2 Å². The zero-order chi connectivity index (χ0) is 32.8. The van der Waals surface area contributed by atoms with Crippen LogP contribution in [0, 0.1) is 0 Å². The molecule has 0 N–H and O–H groups in total. The molecule has 0 unspecified atom stereocenters. The van der Waals surface area contributed by atoms with Gasteiger partial charge in [-0.05, 0) is 88.3 Å². The van der Waals surface area contributed by atoms with Gasteiger partial charge in [-0.3, -0.25) is 0 Å². The van der Waals surface area contributed by atoms with E-state index < -0.39 is 42.2 Å². The number of carbonyl (C=O) groups excluding carboxylic acids is 3. The van der Waals surface area contributed by atoms with Crippen LogP contribution < -0.4 is 23.7 Å². The van der Waals surface area contributed by atoms with Crippen LogP contribution in [0.5, 0.6) is 28.7 Å². The van der Waals surface area contributed by atoms with Gasteiger partial charge >= 0.3 is 24.1 Å². The molecule has 0 spiro atoms.